The second-order valence-electron chi connectivity index (χ2n) is 5.67. The molecule has 1 aromatic carbocycles. The van der Waals surface area contributed by atoms with Crippen LogP contribution in [0.4, 0.5) is 10.1 Å². The molecular formula is C15H19BrFNO. The number of nitrogens with one attached hydrogen (secondary N) is 1. The first-order chi connectivity index (χ1) is 9.17. The fourth-order valence-corrected chi connectivity index (χ4v) is 3.67. The number of halogens is 2. The van der Waals surface area contributed by atoms with Crippen molar-refractivity contribution >= 4 is 21.6 Å². The Labute approximate surface area is 121 Å². The maximum absolute atomic E-state index is 13.2. The predicted molar refractivity (Wildman–Crippen MR) is 77.9 cm³/mol. The topological polar surface area (TPSA) is 21.3 Å². The lowest BCUT2D eigenvalue weighted by molar-refractivity contribution is -0.0307. The van der Waals surface area contributed by atoms with Gasteiger partial charge in [0.2, 0.25) is 0 Å². The van der Waals surface area contributed by atoms with Gasteiger partial charge in [0.25, 0.3) is 0 Å². The Morgan fingerprint density at radius 3 is 2.89 bits per heavy atom. The molecule has 1 saturated carbocycles. The maximum Gasteiger partial charge on any atom is 0.125 e. The van der Waals surface area contributed by atoms with Gasteiger partial charge in [-0.3, -0.25) is 0 Å². The zero-order chi connectivity index (χ0) is 13.3. The van der Waals surface area contributed by atoms with Gasteiger partial charge in [0.15, 0.2) is 0 Å². The molecule has 1 aromatic rings. The van der Waals surface area contributed by atoms with Gasteiger partial charge in [-0.1, -0.05) is 12.8 Å². The number of benzene rings is 1. The van der Waals surface area contributed by atoms with E-state index in [1.165, 1.54) is 44.2 Å². The van der Waals surface area contributed by atoms with Crippen LogP contribution in [0, 0.1) is 5.82 Å². The highest BCUT2D eigenvalue weighted by molar-refractivity contribution is 9.10. The molecule has 1 unspecified atom stereocenters. The fourth-order valence-electron chi connectivity index (χ4n) is 3.28. The van der Waals surface area contributed by atoms with Crippen LogP contribution in [-0.4, -0.2) is 18.2 Å². The van der Waals surface area contributed by atoms with Crippen molar-refractivity contribution < 1.29 is 9.13 Å². The average Bonchev–Trinajstić information content (AvgIpc) is 3.02. The Morgan fingerprint density at radius 1 is 1.32 bits per heavy atom. The molecule has 104 valence electrons. The van der Waals surface area contributed by atoms with Crippen LogP contribution in [0.3, 0.4) is 0 Å². The van der Waals surface area contributed by atoms with E-state index in [1.807, 2.05) is 0 Å². The number of anilines is 1. The average molecular weight is 328 g/mol. The summed E-state index contributed by atoms with van der Waals surface area (Å²) in [5, 5.41) is 3.29. The van der Waals surface area contributed by atoms with Gasteiger partial charge in [-0.05, 0) is 59.8 Å². The molecule has 1 spiro atoms. The van der Waals surface area contributed by atoms with Crippen LogP contribution in [0.25, 0.3) is 0 Å². The minimum Gasteiger partial charge on any atom is -0.381 e. The number of rotatable bonds is 3. The normalized spacial score (nSPS) is 25.1. The molecule has 1 atom stereocenters. The standard InChI is InChI=1S/C15H19BrFNO/c16-13-4-3-11(17)9-14(13)18-10-12-5-8-15(19-12)6-1-2-7-15/h3-4,9,12,18H,1-2,5-8,10H2. The number of hydrogen-bond donors (Lipinski definition) is 1. The van der Waals surface area contributed by atoms with E-state index in [2.05, 4.69) is 21.2 Å². The summed E-state index contributed by atoms with van der Waals surface area (Å²) in [5.41, 5.74) is 0.974. The SMILES string of the molecule is Fc1ccc(Br)c(NCC2CCC3(CCCC3)O2)c1. The summed E-state index contributed by atoms with van der Waals surface area (Å²) in [6.07, 6.45) is 7.59. The summed E-state index contributed by atoms with van der Waals surface area (Å²) < 4.78 is 20.3. The van der Waals surface area contributed by atoms with Crippen LogP contribution in [-0.2, 0) is 4.74 Å². The van der Waals surface area contributed by atoms with Crippen molar-refractivity contribution in [3.05, 3.63) is 28.5 Å². The Kier molecular flexibility index (Phi) is 3.81. The van der Waals surface area contributed by atoms with E-state index in [0.717, 1.165) is 23.1 Å². The van der Waals surface area contributed by atoms with Gasteiger partial charge in [-0.15, -0.1) is 0 Å². The third-order valence-electron chi connectivity index (χ3n) is 4.30. The molecule has 3 rings (SSSR count). The van der Waals surface area contributed by atoms with Gasteiger partial charge in [-0.25, -0.2) is 4.39 Å². The molecule has 1 N–H and O–H groups in total. The smallest absolute Gasteiger partial charge is 0.125 e. The molecule has 1 saturated heterocycles. The van der Waals surface area contributed by atoms with Gasteiger partial charge < -0.3 is 10.1 Å². The highest BCUT2D eigenvalue weighted by Crippen LogP contribution is 2.43. The van der Waals surface area contributed by atoms with E-state index in [1.54, 1.807) is 6.07 Å². The van der Waals surface area contributed by atoms with E-state index in [4.69, 9.17) is 4.74 Å². The van der Waals surface area contributed by atoms with Crippen molar-refractivity contribution in [1.29, 1.82) is 0 Å². The third-order valence-corrected chi connectivity index (χ3v) is 4.99. The van der Waals surface area contributed by atoms with Crippen LogP contribution in [0.5, 0.6) is 0 Å². The third kappa shape index (κ3) is 2.95. The quantitative estimate of drug-likeness (QED) is 0.883. The van der Waals surface area contributed by atoms with Gasteiger partial charge in [0.05, 0.1) is 17.4 Å². The van der Waals surface area contributed by atoms with Crippen LogP contribution >= 0.6 is 15.9 Å². The molecule has 1 aliphatic carbocycles. The summed E-state index contributed by atoms with van der Waals surface area (Å²) in [4.78, 5) is 0. The van der Waals surface area contributed by atoms with Crippen molar-refractivity contribution in [3.8, 4) is 0 Å². The van der Waals surface area contributed by atoms with E-state index in [9.17, 15) is 4.39 Å². The second-order valence-corrected chi connectivity index (χ2v) is 6.53. The minimum atomic E-state index is -0.217. The summed E-state index contributed by atoms with van der Waals surface area (Å²) >= 11 is 3.43. The molecule has 1 heterocycles. The van der Waals surface area contributed by atoms with E-state index >= 15 is 0 Å². The first kappa shape index (κ1) is 13.4. The van der Waals surface area contributed by atoms with Crippen LogP contribution < -0.4 is 5.32 Å². The first-order valence-corrected chi connectivity index (χ1v) is 7.83. The molecule has 2 fully saturated rings. The van der Waals surface area contributed by atoms with Crippen LogP contribution in [0.15, 0.2) is 22.7 Å². The lowest BCUT2D eigenvalue weighted by Gasteiger charge is -2.24. The van der Waals surface area contributed by atoms with E-state index < -0.39 is 0 Å². The summed E-state index contributed by atoms with van der Waals surface area (Å²) in [7, 11) is 0. The molecule has 0 aromatic heterocycles. The Hall–Kier alpha value is -0.610. The lowest BCUT2D eigenvalue weighted by Crippen LogP contribution is -2.27. The number of hydrogen-bond acceptors (Lipinski definition) is 2. The summed E-state index contributed by atoms with van der Waals surface area (Å²) in [5.74, 6) is -0.217. The largest absolute Gasteiger partial charge is 0.381 e. The van der Waals surface area contributed by atoms with E-state index in [-0.39, 0.29) is 17.5 Å². The Balaban J connectivity index is 1.57. The summed E-state index contributed by atoms with van der Waals surface area (Å²) in [6.45, 7) is 0.754. The van der Waals surface area contributed by atoms with E-state index in [0.29, 0.717) is 0 Å². The molecule has 0 radical (unpaired) electrons. The zero-order valence-corrected chi connectivity index (χ0v) is 12.5. The monoisotopic (exact) mass is 327 g/mol. The molecule has 2 aliphatic rings. The van der Waals surface area contributed by atoms with Crippen molar-refractivity contribution in [1.82, 2.24) is 0 Å². The van der Waals surface area contributed by atoms with Crippen molar-refractivity contribution in [3.63, 3.8) is 0 Å². The molecule has 0 amide bonds. The summed E-state index contributed by atoms with van der Waals surface area (Å²) in [6, 6.07) is 4.70. The molecule has 2 nitrogen and oxygen atoms in total. The van der Waals surface area contributed by atoms with Crippen molar-refractivity contribution in [2.24, 2.45) is 0 Å². The van der Waals surface area contributed by atoms with Crippen LogP contribution in [0.1, 0.15) is 38.5 Å². The molecule has 19 heavy (non-hydrogen) atoms. The molecule has 1 aliphatic heterocycles. The van der Waals surface area contributed by atoms with Gasteiger partial charge >= 0.3 is 0 Å². The highest BCUT2D eigenvalue weighted by atomic mass is 79.9. The zero-order valence-electron chi connectivity index (χ0n) is 10.9. The fraction of sp³-hybridized carbons (Fsp3) is 0.600. The Morgan fingerprint density at radius 2 is 2.11 bits per heavy atom. The molecular weight excluding hydrogens is 309 g/mol. The van der Waals surface area contributed by atoms with Crippen molar-refractivity contribution in [2.45, 2.75) is 50.2 Å². The lowest BCUT2D eigenvalue weighted by atomic mass is 9.98. The predicted octanol–water partition coefficient (Wildman–Crippen LogP) is 4.49. The highest BCUT2D eigenvalue weighted by Gasteiger charge is 2.41. The van der Waals surface area contributed by atoms with Gasteiger partial charge in [0.1, 0.15) is 5.82 Å². The van der Waals surface area contributed by atoms with Crippen molar-refractivity contribution in [2.75, 3.05) is 11.9 Å². The number of ether oxygens (including phenoxy) is 1. The first-order valence-electron chi connectivity index (χ1n) is 7.04. The minimum absolute atomic E-state index is 0.172. The maximum atomic E-state index is 13.2. The molecule has 0 bridgehead atoms. The van der Waals surface area contributed by atoms with Gasteiger partial charge in [-0.2, -0.15) is 0 Å². The molecule has 4 heteroatoms. The van der Waals surface area contributed by atoms with Gasteiger partial charge in [0, 0.05) is 11.0 Å². The second kappa shape index (κ2) is 5.41. The van der Waals surface area contributed by atoms with Crippen LogP contribution in [0.2, 0.25) is 0 Å². The Bertz CT molecular complexity index is 459.